The average Bonchev–Trinajstić information content (AvgIpc) is 3.35. The molecule has 1 aliphatic heterocycles. The van der Waals surface area contributed by atoms with E-state index in [0.29, 0.717) is 5.56 Å². The molecule has 0 bridgehead atoms. The van der Waals surface area contributed by atoms with Crippen LogP contribution in [0.5, 0.6) is 0 Å². The van der Waals surface area contributed by atoms with Crippen LogP contribution in [0.25, 0.3) is 26.4 Å². The average molecular weight is 419 g/mol. The van der Waals surface area contributed by atoms with Crippen LogP contribution in [0.15, 0.2) is 54.7 Å². The fourth-order valence-electron chi connectivity index (χ4n) is 4.18. The number of piperidine rings is 1. The molecule has 0 aliphatic carbocycles. The number of hydrogen-bond donors (Lipinski definition) is 1. The maximum atomic E-state index is 12.6. The number of thiazole rings is 1. The Morgan fingerprint density at radius 2 is 1.90 bits per heavy atom. The van der Waals surface area contributed by atoms with Gasteiger partial charge in [0, 0.05) is 23.9 Å². The summed E-state index contributed by atoms with van der Waals surface area (Å²) in [5.74, 6) is 0.00607. The van der Waals surface area contributed by atoms with Gasteiger partial charge in [0.05, 0.1) is 15.9 Å². The number of aromatic nitrogens is 2. The molecule has 1 aliphatic rings. The predicted molar refractivity (Wildman–Crippen MR) is 123 cm³/mol. The first-order valence-corrected chi connectivity index (χ1v) is 11.6. The fourth-order valence-corrected chi connectivity index (χ4v) is 5.23. The highest BCUT2D eigenvalue weighted by Crippen LogP contribution is 2.30. The maximum absolute atomic E-state index is 12.6. The number of rotatable bonds is 6. The summed E-state index contributed by atoms with van der Waals surface area (Å²) in [6, 6.07) is 16.1. The van der Waals surface area contributed by atoms with E-state index in [1.54, 1.807) is 11.3 Å². The number of fused-ring (bicyclic) bond motifs is 3. The number of amides is 1. The topological polar surface area (TPSA) is 49.6 Å². The van der Waals surface area contributed by atoms with Crippen LogP contribution >= 0.6 is 11.3 Å². The van der Waals surface area contributed by atoms with Gasteiger partial charge in [0.25, 0.3) is 5.91 Å². The zero-order valence-electron chi connectivity index (χ0n) is 17.0. The quantitative estimate of drug-likeness (QED) is 0.457. The summed E-state index contributed by atoms with van der Waals surface area (Å²) >= 11 is 1.62. The van der Waals surface area contributed by atoms with Crippen molar-refractivity contribution in [2.75, 3.05) is 26.2 Å². The van der Waals surface area contributed by atoms with Gasteiger partial charge in [-0.2, -0.15) is 0 Å². The summed E-state index contributed by atoms with van der Waals surface area (Å²) in [4.78, 5) is 20.8. The van der Waals surface area contributed by atoms with Gasteiger partial charge in [0.15, 0.2) is 4.96 Å². The van der Waals surface area contributed by atoms with Gasteiger partial charge in [0.2, 0.25) is 0 Å². The lowest BCUT2D eigenvalue weighted by molar-refractivity contribution is 0.0951. The molecule has 1 N–H and O–H groups in total. The highest BCUT2D eigenvalue weighted by atomic mass is 32.1. The molecule has 30 heavy (non-hydrogen) atoms. The number of benzene rings is 2. The van der Waals surface area contributed by atoms with E-state index in [4.69, 9.17) is 4.98 Å². The number of nitrogens with one attached hydrogen (secondary N) is 1. The first-order valence-electron chi connectivity index (χ1n) is 10.8. The Bertz CT molecular complexity index is 1160. The third kappa shape index (κ3) is 3.98. The molecular weight excluding hydrogens is 392 g/mol. The van der Waals surface area contributed by atoms with Gasteiger partial charge in [-0.1, -0.05) is 48.1 Å². The van der Waals surface area contributed by atoms with Crippen molar-refractivity contribution in [3.8, 4) is 11.3 Å². The minimum atomic E-state index is 0.00607. The third-order valence-corrected chi connectivity index (χ3v) is 6.83. The number of likely N-dealkylation sites (tertiary alicyclic amines) is 1. The maximum Gasteiger partial charge on any atom is 0.251 e. The Kier molecular flexibility index (Phi) is 5.51. The minimum Gasteiger partial charge on any atom is -0.352 e. The van der Waals surface area contributed by atoms with Crippen molar-refractivity contribution >= 4 is 32.4 Å². The molecular formula is C24H26N4OS. The molecule has 1 saturated heterocycles. The summed E-state index contributed by atoms with van der Waals surface area (Å²) in [6.07, 6.45) is 7.05. The Balaban J connectivity index is 1.26. The van der Waals surface area contributed by atoms with Crippen molar-refractivity contribution < 1.29 is 4.79 Å². The van der Waals surface area contributed by atoms with Gasteiger partial charge in [-0.3, -0.25) is 9.20 Å². The molecule has 0 spiro atoms. The minimum absolute atomic E-state index is 0.00607. The predicted octanol–water partition coefficient (Wildman–Crippen LogP) is 4.82. The van der Waals surface area contributed by atoms with Gasteiger partial charge < -0.3 is 10.2 Å². The van der Waals surface area contributed by atoms with Gasteiger partial charge in [0.1, 0.15) is 0 Å². The fraction of sp³-hybridized carbons (Fsp3) is 0.333. The van der Waals surface area contributed by atoms with Crippen LogP contribution in [0.2, 0.25) is 0 Å². The largest absolute Gasteiger partial charge is 0.352 e. The molecule has 4 aromatic rings. The molecule has 5 rings (SSSR count). The van der Waals surface area contributed by atoms with Crippen molar-refractivity contribution in [3.05, 3.63) is 60.3 Å². The molecule has 1 fully saturated rings. The second-order valence-corrected chi connectivity index (χ2v) is 8.95. The summed E-state index contributed by atoms with van der Waals surface area (Å²) in [7, 11) is 0. The van der Waals surface area contributed by atoms with Gasteiger partial charge >= 0.3 is 0 Å². The van der Waals surface area contributed by atoms with Crippen LogP contribution in [0.3, 0.4) is 0 Å². The first-order chi connectivity index (χ1) is 14.8. The zero-order valence-corrected chi connectivity index (χ0v) is 17.8. The van der Waals surface area contributed by atoms with Gasteiger partial charge in [-0.15, -0.1) is 0 Å². The summed E-state index contributed by atoms with van der Waals surface area (Å²) in [5, 5.41) is 3.08. The standard InChI is InChI=1S/C24H26N4OS/c29-23(25-12-7-15-27-13-5-2-6-14-27)19-10-11-21-22(16-19)30-24-26-20(17-28(21)24)18-8-3-1-4-9-18/h1,3-4,8-11,16-17H,2,5-7,12-15H2,(H,25,29). The highest BCUT2D eigenvalue weighted by molar-refractivity contribution is 7.23. The lowest BCUT2D eigenvalue weighted by atomic mass is 10.1. The second-order valence-electron chi connectivity index (χ2n) is 7.94. The van der Waals surface area contributed by atoms with Crippen LogP contribution in [-0.4, -0.2) is 46.4 Å². The Morgan fingerprint density at radius 3 is 2.73 bits per heavy atom. The summed E-state index contributed by atoms with van der Waals surface area (Å²) in [5.41, 5.74) is 3.89. The van der Waals surface area contributed by atoms with Crippen LogP contribution < -0.4 is 5.32 Å². The van der Waals surface area contributed by atoms with Crippen molar-refractivity contribution in [1.29, 1.82) is 0 Å². The zero-order chi connectivity index (χ0) is 20.3. The monoisotopic (exact) mass is 418 g/mol. The molecule has 1 amide bonds. The van der Waals surface area contributed by atoms with Crippen molar-refractivity contribution in [2.24, 2.45) is 0 Å². The Morgan fingerprint density at radius 1 is 1.07 bits per heavy atom. The van der Waals surface area contributed by atoms with E-state index in [0.717, 1.165) is 45.9 Å². The van der Waals surface area contributed by atoms with Crippen LogP contribution in [0, 0.1) is 0 Å². The van der Waals surface area contributed by atoms with Crippen LogP contribution in [0.1, 0.15) is 36.0 Å². The van der Waals surface area contributed by atoms with Crippen molar-refractivity contribution in [2.45, 2.75) is 25.7 Å². The lowest BCUT2D eigenvalue weighted by Gasteiger charge is -2.26. The number of carbonyl (C=O) groups excluding carboxylic acids is 1. The van der Waals surface area contributed by atoms with E-state index < -0.39 is 0 Å². The first kappa shape index (κ1) is 19.3. The third-order valence-electron chi connectivity index (χ3n) is 5.81. The molecule has 2 aromatic carbocycles. The molecule has 3 heterocycles. The van der Waals surface area contributed by atoms with E-state index in [1.165, 1.54) is 32.4 Å². The van der Waals surface area contributed by atoms with Crippen LogP contribution in [-0.2, 0) is 0 Å². The highest BCUT2D eigenvalue weighted by Gasteiger charge is 2.13. The molecule has 0 unspecified atom stereocenters. The normalized spacial score (nSPS) is 15.1. The number of imidazole rings is 1. The molecule has 5 nitrogen and oxygen atoms in total. The SMILES string of the molecule is O=C(NCCCN1CCCCC1)c1ccc2c(c1)sc1nc(-c3ccccc3)cn12. The summed E-state index contributed by atoms with van der Waals surface area (Å²) < 4.78 is 3.20. The van der Waals surface area contributed by atoms with E-state index >= 15 is 0 Å². The van der Waals surface area contributed by atoms with Crippen molar-refractivity contribution in [1.82, 2.24) is 19.6 Å². The second kappa shape index (κ2) is 8.58. The van der Waals surface area contributed by atoms with E-state index in [9.17, 15) is 4.79 Å². The Hall–Kier alpha value is -2.70. The number of nitrogens with zero attached hydrogens (tertiary/aromatic N) is 3. The van der Waals surface area contributed by atoms with E-state index in [2.05, 4.69) is 32.9 Å². The lowest BCUT2D eigenvalue weighted by Crippen LogP contribution is -2.33. The molecule has 154 valence electrons. The molecule has 6 heteroatoms. The smallest absolute Gasteiger partial charge is 0.251 e. The van der Waals surface area contributed by atoms with E-state index in [-0.39, 0.29) is 5.91 Å². The molecule has 0 radical (unpaired) electrons. The molecule has 0 saturated carbocycles. The van der Waals surface area contributed by atoms with Gasteiger partial charge in [-0.05, 0) is 57.1 Å². The Labute approximate surface area is 180 Å². The molecule has 2 aromatic heterocycles. The summed E-state index contributed by atoms with van der Waals surface area (Å²) in [6.45, 7) is 4.21. The number of hydrogen-bond acceptors (Lipinski definition) is 4. The molecule has 0 atom stereocenters. The number of carbonyl (C=O) groups is 1. The van der Waals surface area contributed by atoms with Crippen molar-refractivity contribution in [3.63, 3.8) is 0 Å². The van der Waals surface area contributed by atoms with E-state index in [1.807, 2.05) is 36.4 Å². The van der Waals surface area contributed by atoms with Gasteiger partial charge in [-0.25, -0.2) is 4.98 Å². The van der Waals surface area contributed by atoms with Crippen LogP contribution in [0.4, 0.5) is 0 Å².